The van der Waals surface area contributed by atoms with E-state index >= 15 is 0 Å². The number of aromatic nitrogens is 2. The average molecular weight is 427 g/mol. The molecule has 0 radical (unpaired) electrons. The van der Waals surface area contributed by atoms with Gasteiger partial charge in [0, 0.05) is 32.1 Å². The van der Waals surface area contributed by atoms with Gasteiger partial charge < -0.3 is 0 Å². The molecule has 0 aliphatic heterocycles. The normalized spacial score (nSPS) is 12.4. The van der Waals surface area contributed by atoms with E-state index in [1.807, 2.05) is 6.07 Å². The van der Waals surface area contributed by atoms with Crippen LogP contribution in [-0.2, 0) is 14.8 Å². The van der Waals surface area contributed by atoms with Crippen LogP contribution in [0.5, 0.6) is 0 Å². The van der Waals surface area contributed by atoms with Crippen molar-refractivity contribution in [1.82, 2.24) is 24.9 Å². The van der Waals surface area contributed by atoms with Gasteiger partial charge >= 0.3 is 0 Å². The summed E-state index contributed by atoms with van der Waals surface area (Å²) in [6.07, 6.45) is 3.20. The van der Waals surface area contributed by atoms with Crippen LogP contribution in [0.25, 0.3) is 0 Å². The zero-order valence-electron chi connectivity index (χ0n) is 16.4. The van der Waals surface area contributed by atoms with Gasteiger partial charge in [-0.05, 0) is 29.8 Å². The molecule has 1 unspecified atom stereocenters. The van der Waals surface area contributed by atoms with Gasteiger partial charge in [-0.1, -0.05) is 36.4 Å². The lowest BCUT2D eigenvalue weighted by Gasteiger charge is -2.18. The number of sulfonamides is 1. The van der Waals surface area contributed by atoms with Gasteiger partial charge in [-0.2, -0.15) is 5.10 Å². The third-order valence-corrected chi connectivity index (χ3v) is 6.14. The Bertz CT molecular complexity index is 1130. The van der Waals surface area contributed by atoms with Crippen LogP contribution in [0.1, 0.15) is 22.0 Å². The minimum Gasteiger partial charge on any atom is -0.270 e. The summed E-state index contributed by atoms with van der Waals surface area (Å²) < 4.78 is 27.1. The second kappa shape index (κ2) is 8.89. The monoisotopic (exact) mass is 427 g/mol. The fourth-order valence-corrected chi connectivity index (χ4v) is 3.71. The van der Waals surface area contributed by atoms with Crippen molar-refractivity contribution in [2.24, 2.45) is 0 Å². The maximum Gasteiger partial charge on any atom is 0.269 e. The van der Waals surface area contributed by atoms with Gasteiger partial charge in [-0.15, -0.1) is 0 Å². The lowest BCUT2D eigenvalue weighted by Crippen LogP contribution is -2.45. The molecule has 1 atom stereocenters. The maximum atomic E-state index is 12.8. The zero-order chi connectivity index (χ0) is 21.7. The number of hydrazine groups is 1. The van der Waals surface area contributed by atoms with Crippen LogP contribution in [-0.4, -0.2) is 48.4 Å². The predicted molar refractivity (Wildman–Crippen MR) is 110 cm³/mol. The van der Waals surface area contributed by atoms with Crippen molar-refractivity contribution >= 4 is 21.8 Å². The molecule has 3 aromatic rings. The number of nitrogens with one attached hydrogen (secondary N) is 2. The van der Waals surface area contributed by atoms with E-state index in [-0.39, 0.29) is 10.5 Å². The number of hydrogen-bond donors (Lipinski definition) is 2. The Labute approximate surface area is 174 Å². The van der Waals surface area contributed by atoms with Crippen molar-refractivity contribution in [2.75, 3.05) is 14.1 Å². The summed E-state index contributed by atoms with van der Waals surface area (Å²) in [5.74, 6) is -1.15. The summed E-state index contributed by atoms with van der Waals surface area (Å²) in [6.45, 7) is 0. The first-order valence-electron chi connectivity index (χ1n) is 8.97. The standard InChI is InChI=1S/C20H21N5O4S/c1-24(2)30(28,29)17-11-6-10-16(14-17)19(26)22-23-20(27)18(25-13-7-12-21-25)15-8-4-3-5-9-15/h3-14,18H,1-2H3,(H,22,26)(H,23,27). The van der Waals surface area contributed by atoms with Gasteiger partial charge in [-0.25, -0.2) is 12.7 Å². The van der Waals surface area contributed by atoms with E-state index in [0.717, 1.165) is 4.31 Å². The van der Waals surface area contributed by atoms with E-state index in [0.29, 0.717) is 5.56 Å². The highest BCUT2D eigenvalue weighted by molar-refractivity contribution is 7.89. The van der Waals surface area contributed by atoms with Crippen molar-refractivity contribution < 1.29 is 18.0 Å². The summed E-state index contributed by atoms with van der Waals surface area (Å²) in [5, 5.41) is 4.13. The van der Waals surface area contributed by atoms with Crippen LogP contribution in [0.3, 0.4) is 0 Å². The van der Waals surface area contributed by atoms with Crippen LogP contribution in [0.4, 0.5) is 0 Å². The molecule has 0 aliphatic carbocycles. The van der Waals surface area contributed by atoms with E-state index in [1.54, 1.807) is 42.7 Å². The summed E-state index contributed by atoms with van der Waals surface area (Å²) in [7, 11) is -0.881. The fourth-order valence-electron chi connectivity index (χ4n) is 2.76. The lowest BCUT2D eigenvalue weighted by atomic mass is 10.1. The predicted octanol–water partition coefficient (Wildman–Crippen LogP) is 1.18. The highest BCUT2D eigenvalue weighted by Gasteiger charge is 2.24. The number of amides is 2. The smallest absolute Gasteiger partial charge is 0.269 e. The first-order valence-corrected chi connectivity index (χ1v) is 10.4. The minimum atomic E-state index is -3.69. The number of hydrogen-bond acceptors (Lipinski definition) is 5. The third-order valence-electron chi connectivity index (χ3n) is 4.33. The van der Waals surface area contributed by atoms with Gasteiger partial charge in [0.05, 0.1) is 4.90 Å². The Morgan fingerprint density at radius 3 is 2.37 bits per heavy atom. The quantitative estimate of drug-likeness (QED) is 0.574. The summed E-state index contributed by atoms with van der Waals surface area (Å²) in [4.78, 5) is 25.3. The molecule has 2 amide bonds. The van der Waals surface area contributed by atoms with Crippen LogP contribution in [0.15, 0.2) is 78.0 Å². The zero-order valence-corrected chi connectivity index (χ0v) is 17.2. The average Bonchev–Trinajstić information content (AvgIpc) is 3.27. The Morgan fingerprint density at radius 2 is 1.73 bits per heavy atom. The molecule has 2 aromatic carbocycles. The Morgan fingerprint density at radius 1 is 1.00 bits per heavy atom. The molecule has 30 heavy (non-hydrogen) atoms. The summed E-state index contributed by atoms with van der Waals surface area (Å²) >= 11 is 0. The molecule has 1 heterocycles. The number of carbonyl (C=O) groups excluding carboxylic acids is 2. The molecule has 0 bridgehead atoms. The number of benzene rings is 2. The van der Waals surface area contributed by atoms with Gasteiger partial charge in [0.1, 0.15) is 0 Å². The van der Waals surface area contributed by atoms with E-state index in [2.05, 4.69) is 16.0 Å². The molecular weight excluding hydrogens is 406 g/mol. The molecule has 0 saturated carbocycles. The molecule has 3 rings (SSSR count). The lowest BCUT2D eigenvalue weighted by molar-refractivity contribution is -0.124. The highest BCUT2D eigenvalue weighted by atomic mass is 32.2. The summed E-state index contributed by atoms with van der Waals surface area (Å²) in [6, 6.07) is 15.5. The molecule has 10 heteroatoms. The van der Waals surface area contributed by atoms with Crippen molar-refractivity contribution in [3.05, 3.63) is 84.2 Å². The van der Waals surface area contributed by atoms with Crippen LogP contribution < -0.4 is 10.9 Å². The maximum absolute atomic E-state index is 12.8. The van der Waals surface area contributed by atoms with Crippen molar-refractivity contribution in [2.45, 2.75) is 10.9 Å². The highest BCUT2D eigenvalue weighted by Crippen LogP contribution is 2.18. The molecule has 0 fully saturated rings. The Hall–Kier alpha value is -3.50. The Balaban J connectivity index is 1.76. The molecule has 0 saturated heterocycles. The van der Waals surface area contributed by atoms with E-state index in [1.165, 1.54) is 43.0 Å². The van der Waals surface area contributed by atoms with Crippen molar-refractivity contribution in [1.29, 1.82) is 0 Å². The van der Waals surface area contributed by atoms with E-state index < -0.39 is 27.9 Å². The molecule has 0 aliphatic rings. The van der Waals surface area contributed by atoms with Gasteiger partial charge in [-0.3, -0.25) is 25.1 Å². The van der Waals surface area contributed by atoms with Crippen LogP contribution >= 0.6 is 0 Å². The molecule has 1 aromatic heterocycles. The van der Waals surface area contributed by atoms with Gasteiger partial charge in [0.2, 0.25) is 10.0 Å². The van der Waals surface area contributed by atoms with Crippen molar-refractivity contribution in [3.63, 3.8) is 0 Å². The topological polar surface area (TPSA) is 113 Å². The second-order valence-electron chi connectivity index (χ2n) is 6.56. The molecular formula is C20H21N5O4S. The fraction of sp³-hybridized carbons (Fsp3) is 0.150. The van der Waals surface area contributed by atoms with Crippen LogP contribution in [0, 0.1) is 0 Å². The molecule has 2 N–H and O–H groups in total. The van der Waals surface area contributed by atoms with Crippen LogP contribution in [0.2, 0.25) is 0 Å². The number of carbonyl (C=O) groups is 2. The third kappa shape index (κ3) is 4.56. The SMILES string of the molecule is CN(C)S(=O)(=O)c1cccc(C(=O)NNC(=O)C(c2ccccc2)n2cccn2)c1. The van der Waals surface area contributed by atoms with Gasteiger partial charge in [0.15, 0.2) is 6.04 Å². The Kier molecular flexibility index (Phi) is 6.28. The first-order chi connectivity index (χ1) is 14.3. The summed E-state index contributed by atoms with van der Waals surface area (Å²) in [5.41, 5.74) is 5.50. The van der Waals surface area contributed by atoms with Gasteiger partial charge in [0.25, 0.3) is 11.8 Å². The first kappa shape index (κ1) is 21.2. The molecule has 0 spiro atoms. The number of nitrogens with zero attached hydrogens (tertiary/aromatic N) is 3. The van der Waals surface area contributed by atoms with Crippen molar-refractivity contribution in [3.8, 4) is 0 Å². The number of rotatable bonds is 6. The largest absolute Gasteiger partial charge is 0.270 e. The molecule has 9 nitrogen and oxygen atoms in total. The van der Waals surface area contributed by atoms with E-state index in [9.17, 15) is 18.0 Å². The van der Waals surface area contributed by atoms with E-state index in [4.69, 9.17) is 0 Å². The minimum absolute atomic E-state index is 0.0230. The second-order valence-corrected chi connectivity index (χ2v) is 8.71. The molecule has 156 valence electrons.